The molecule has 1 aromatic heterocycles. The zero-order chi connectivity index (χ0) is 18.2. The highest BCUT2D eigenvalue weighted by molar-refractivity contribution is 5.90. The van der Waals surface area contributed by atoms with Crippen molar-refractivity contribution in [1.29, 1.82) is 0 Å². The summed E-state index contributed by atoms with van der Waals surface area (Å²) < 4.78 is 10.2. The van der Waals surface area contributed by atoms with Gasteiger partial charge in [-0.1, -0.05) is 20.3 Å². The maximum Gasteiger partial charge on any atom is 0.348 e. The van der Waals surface area contributed by atoms with Gasteiger partial charge in [0.1, 0.15) is 17.1 Å². The summed E-state index contributed by atoms with van der Waals surface area (Å²) in [6, 6.07) is 7.86. The zero-order valence-electron chi connectivity index (χ0n) is 14.3. The number of rotatable bonds is 7. The number of hydrogen-bond acceptors (Lipinski definition) is 6. The Morgan fingerprint density at radius 2 is 2.00 bits per heavy atom. The number of aliphatic imine (C=N–C) groups is 1. The van der Waals surface area contributed by atoms with Crippen molar-refractivity contribution < 1.29 is 19.1 Å². The Kier molecular flexibility index (Phi) is 6.51. The summed E-state index contributed by atoms with van der Waals surface area (Å²) in [4.78, 5) is 27.8. The summed E-state index contributed by atoms with van der Waals surface area (Å²) in [5.41, 5.74) is 0.310. The van der Waals surface area contributed by atoms with Gasteiger partial charge in [-0.05, 0) is 30.7 Å². The highest BCUT2D eigenvalue weighted by Crippen LogP contribution is 2.17. The summed E-state index contributed by atoms with van der Waals surface area (Å²) in [5, 5.41) is 9.89. The molecule has 6 nitrogen and oxygen atoms in total. The van der Waals surface area contributed by atoms with E-state index in [0.29, 0.717) is 30.0 Å². The van der Waals surface area contributed by atoms with Crippen LogP contribution in [-0.2, 0) is 11.2 Å². The lowest BCUT2D eigenvalue weighted by Gasteiger charge is -2.04. The molecular formula is C19H21NO5. The van der Waals surface area contributed by atoms with E-state index in [0.717, 1.165) is 12.8 Å². The molecule has 132 valence electrons. The lowest BCUT2D eigenvalue weighted by Crippen LogP contribution is -2.08. The van der Waals surface area contributed by atoms with E-state index in [1.165, 1.54) is 12.3 Å². The van der Waals surface area contributed by atoms with Crippen molar-refractivity contribution in [3.8, 4) is 5.75 Å². The number of esters is 1. The summed E-state index contributed by atoms with van der Waals surface area (Å²) in [7, 11) is 0. The molecule has 0 aliphatic rings. The van der Waals surface area contributed by atoms with Gasteiger partial charge < -0.3 is 14.3 Å². The van der Waals surface area contributed by atoms with Crippen LogP contribution in [-0.4, -0.2) is 23.9 Å². The van der Waals surface area contributed by atoms with Crippen LogP contribution < -0.4 is 5.63 Å². The van der Waals surface area contributed by atoms with Gasteiger partial charge >= 0.3 is 11.6 Å². The number of carbonyl (C=O) groups excluding carboxylic acids is 1. The topological polar surface area (TPSA) is 89.1 Å². The molecule has 0 aliphatic carbocycles. The smallest absolute Gasteiger partial charge is 0.348 e. The minimum absolute atomic E-state index is 0.0137. The molecule has 2 rings (SSSR count). The molecule has 0 unspecified atom stereocenters. The lowest BCUT2D eigenvalue weighted by atomic mass is 10.2. The Balaban J connectivity index is 2.10. The number of carbonyl (C=O) groups is 1. The van der Waals surface area contributed by atoms with Crippen LogP contribution >= 0.6 is 0 Å². The van der Waals surface area contributed by atoms with Crippen molar-refractivity contribution in [3.63, 3.8) is 0 Å². The van der Waals surface area contributed by atoms with Gasteiger partial charge in [0.2, 0.25) is 0 Å². The molecule has 1 N–H and O–H groups in total. The normalized spacial score (nSPS) is 11.0. The van der Waals surface area contributed by atoms with Gasteiger partial charge in [0.05, 0.1) is 17.9 Å². The second-order valence-corrected chi connectivity index (χ2v) is 5.45. The highest BCUT2D eigenvalue weighted by Gasteiger charge is 2.09. The SMILES string of the molecule is CCCCOC(=O)c1ccc(N=Cc2c(O)cc(CC)oc2=O)cc1. The number of aromatic hydroxyl groups is 1. The van der Waals surface area contributed by atoms with Crippen LogP contribution in [0.25, 0.3) is 0 Å². The first-order chi connectivity index (χ1) is 12.0. The van der Waals surface area contributed by atoms with Crippen LogP contribution in [0.4, 0.5) is 5.69 Å². The Labute approximate surface area is 145 Å². The van der Waals surface area contributed by atoms with Crippen molar-refractivity contribution in [3.05, 3.63) is 57.6 Å². The quantitative estimate of drug-likeness (QED) is 0.471. The van der Waals surface area contributed by atoms with Crippen LogP contribution in [0.1, 0.15) is 48.4 Å². The van der Waals surface area contributed by atoms with Gasteiger partial charge in [0.15, 0.2) is 0 Å². The molecule has 0 fully saturated rings. The fourth-order valence-corrected chi connectivity index (χ4v) is 2.05. The number of benzene rings is 1. The summed E-state index contributed by atoms with van der Waals surface area (Å²) in [6.07, 6.45) is 3.54. The van der Waals surface area contributed by atoms with E-state index in [9.17, 15) is 14.7 Å². The monoisotopic (exact) mass is 343 g/mol. The van der Waals surface area contributed by atoms with E-state index >= 15 is 0 Å². The molecular weight excluding hydrogens is 322 g/mol. The molecule has 1 aromatic carbocycles. The van der Waals surface area contributed by atoms with Gasteiger partial charge in [0, 0.05) is 18.7 Å². The Bertz CT molecular complexity index is 806. The fourth-order valence-electron chi connectivity index (χ4n) is 2.05. The predicted octanol–water partition coefficient (Wildman–Crippen LogP) is 3.62. The molecule has 0 atom stereocenters. The van der Waals surface area contributed by atoms with Crippen LogP contribution in [0.15, 0.2) is 44.5 Å². The highest BCUT2D eigenvalue weighted by atomic mass is 16.5. The average molecular weight is 343 g/mol. The Hall–Kier alpha value is -2.89. The molecule has 0 aliphatic heterocycles. The molecule has 0 bridgehead atoms. The largest absolute Gasteiger partial charge is 0.507 e. The van der Waals surface area contributed by atoms with Crippen molar-refractivity contribution in [2.24, 2.45) is 4.99 Å². The number of ether oxygens (including phenoxy) is 1. The van der Waals surface area contributed by atoms with Crippen molar-refractivity contribution in [1.82, 2.24) is 0 Å². The molecule has 0 saturated heterocycles. The van der Waals surface area contributed by atoms with Crippen LogP contribution in [0.3, 0.4) is 0 Å². The Morgan fingerprint density at radius 1 is 1.28 bits per heavy atom. The van der Waals surface area contributed by atoms with E-state index in [1.54, 1.807) is 24.3 Å². The van der Waals surface area contributed by atoms with Crippen LogP contribution in [0, 0.1) is 0 Å². The third-order valence-electron chi connectivity index (χ3n) is 3.54. The van der Waals surface area contributed by atoms with Crippen molar-refractivity contribution in [2.75, 3.05) is 6.61 Å². The first-order valence-corrected chi connectivity index (χ1v) is 8.22. The Morgan fingerprint density at radius 3 is 2.60 bits per heavy atom. The standard InChI is InChI=1S/C19H21NO5/c1-3-5-10-24-18(22)13-6-8-14(9-7-13)20-12-16-17(21)11-15(4-2)25-19(16)23/h6-9,11-12,21H,3-5,10H2,1-2H3. The van der Waals surface area contributed by atoms with E-state index < -0.39 is 5.63 Å². The fraction of sp³-hybridized carbons (Fsp3) is 0.316. The summed E-state index contributed by atoms with van der Waals surface area (Å²) in [6.45, 7) is 4.24. The maximum atomic E-state index is 11.8. The summed E-state index contributed by atoms with van der Waals surface area (Å²) in [5.74, 6) is -0.143. The number of nitrogens with zero attached hydrogens (tertiary/aromatic N) is 1. The molecule has 0 saturated carbocycles. The van der Waals surface area contributed by atoms with Crippen molar-refractivity contribution >= 4 is 17.9 Å². The van der Waals surface area contributed by atoms with E-state index in [4.69, 9.17) is 9.15 Å². The average Bonchev–Trinajstić information content (AvgIpc) is 2.61. The molecule has 6 heteroatoms. The van der Waals surface area contributed by atoms with Gasteiger partial charge in [0.25, 0.3) is 0 Å². The van der Waals surface area contributed by atoms with Gasteiger partial charge in [-0.3, -0.25) is 4.99 Å². The molecule has 0 amide bonds. The van der Waals surface area contributed by atoms with Gasteiger partial charge in [-0.15, -0.1) is 0 Å². The second kappa shape index (κ2) is 8.82. The predicted molar refractivity (Wildman–Crippen MR) is 94.9 cm³/mol. The van der Waals surface area contributed by atoms with Crippen LogP contribution in [0.5, 0.6) is 5.75 Å². The number of hydrogen-bond donors (Lipinski definition) is 1. The van der Waals surface area contributed by atoms with E-state index in [1.807, 2.05) is 13.8 Å². The zero-order valence-corrected chi connectivity index (χ0v) is 14.3. The molecule has 0 spiro atoms. The van der Waals surface area contributed by atoms with E-state index in [2.05, 4.69) is 4.99 Å². The molecule has 1 heterocycles. The molecule has 2 aromatic rings. The molecule has 25 heavy (non-hydrogen) atoms. The number of unbranched alkanes of at least 4 members (excludes halogenated alkanes) is 1. The first kappa shape index (κ1) is 18.4. The van der Waals surface area contributed by atoms with Gasteiger partial charge in [-0.25, -0.2) is 9.59 Å². The summed E-state index contributed by atoms with van der Waals surface area (Å²) >= 11 is 0. The number of aryl methyl sites for hydroxylation is 1. The third kappa shape index (κ3) is 5.04. The minimum Gasteiger partial charge on any atom is -0.507 e. The first-order valence-electron chi connectivity index (χ1n) is 8.22. The third-order valence-corrected chi connectivity index (χ3v) is 3.54. The minimum atomic E-state index is -0.642. The van der Waals surface area contributed by atoms with Crippen LogP contribution in [0.2, 0.25) is 0 Å². The van der Waals surface area contributed by atoms with E-state index in [-0.39, 0.29) is 17.3 Å². The second-order valence-electron chi connectivity index (χ2n) is 5.45. The van der Waals surface area contributed by atoms with Crippen molar-refractivity contribution in [2.45, 2.75) is 33.1 Å². The molecule has 0 radical (unpaired) electrons. The lowest BCUT2D eigenvalue weighted by molar-refractivity contribution is 0.0500. The maximum absolute atomic E-state index is 11.8. The van der Waals surface area contributed by atoms with Gasteiger partial charge in [-0.2, -0.15) is 0 Å².